The minimum atomic E-state index is 0.439. The van der Waals surface area contributed by atoms with E-state index in [0.29, 0.717) is 17.3 Å². The van der Waals surface area contributed by atoms with Crippen LogP contribution in [0.5, 0.6) is 5.75 Å². The molecule has 0 aliphatic rings. The maximum Gasteiger partial charge on any atom is 0.156 e. The fourth-order valence-electron chi connectivity index (χ4n) is 2.78. The van der Waals surface area contributed by atoms with Gasteiger partial charge in [-0.1, -0.05) is 58.4 Å². The van der Waals surface area contributed by atoms with Gasteiger partial charge in [0.05, 0.1) is 19.6 Å². The number of hydrogen-bond acceptors (Lipinski definition) is 5. The number of halogens is 2. The SMILES string of the molecule is N#C/C(=C\c1cc(Br)cc(Br)c1OCc1ccccc1)Sc1nc2ccccc2s1. The van der Waals surface area contributed by atoms with E-state index >= 15 is 0 Å². The van der Waals surface area contributed by atoms with Crippen LogP contribution in [-0.2, 0) is 6.61 Å². The average molecular weight is 558 g/mol. The number of thioether (sulfide) groups is 1. The molecule has 1 aromatic heterocycles. The van der Waals surface area contributed by atoms with Crippen molar-refractivity contribution in [3.8, 4) is 11.8 Å². The first-order valence-electron chi connectivity index (χ1n) is 8.93. The topological polar surface area (TPSA) is 45.9 Å². The molecule has 0 aliphatic heterocycles. The standard InChI is InChI=1S/C23H14Br2N2OS2/c24-17-10-16(22(19(25)12-17)28-14-15-6-2-1-3-7-15)11-18(13-26)29-23-27-20-8-4-5-9-21(20)30-23/h1-12H,14H2/b18-11+. The highest BCUT2D eigenvalue weighted by Crippen LogP contribution is 2.38. The van der Waals surface area contributed by atoms with Crippen molar-refractivity contribution >= 4 is 71.3 Å². The van der Waals surface area contributed by atoms with Crippen molar-refractivity contribution in [3.05, 3.63) is 91.7 Å². The zero-order chi connectivity index (χ0) is 20.9. The van der Waals surface area contributed by atoms with Crippen molar-refractivity contribution in [1.29, 1.82) is 5.26 Å². The first-order chi connectivity index (χ1) is 14.6. The van der Waals surface area contributed by atoms with Gasteiger partial charge in [0.1, 0.15) is 18.4 Å². The molecule has 0 saturated heterocycles. The number of aromatic nitrogens is 1. The lowest BCUT2D eigenvalue weighted by Crippen LogP contribution is -1.98. The van der Waals surface area contributed by atoms with E-state index in [0.717, 1.165) is 34.6 Å². The van der Waals surface area contributed by atoms with Gasteiger partial charge in [-0.2, -0.15) is 5.26 Å². The molecule has 1 heterocycles. The zero-order valence-electron chi connectivity index (χ0n) is 15.5. The molecule has 0 saturated carbocycles. The molecule has 0 amide bonds. The molecule has 3 nitrogen and oxygen atoms in total. The monoisotopic (exact) mass is 556 g/mol. The number of rotatable bonds is 6. The molecule has 0 fully saturated rings. The summed E-state index contributed by atoms with van der Waals surface area (Å²) < 4.78 is 9.77. The van der Waals surface area contributed by atoms with Gasteiger partial charge in [-0.15, -0.1) is 11.3 Å². The Hall–Kier alpha value is -2.11. The maximum absolute atomic E-state index is 9.73. The largest absolute Gasteiger partial charge is 0.487 e. The summed E-state index contributed by atoms with van der Waals surface area (Å²) in [5.41, 5.74) is 2.84. The Bertz CT molecular complexity index is 1230. The molecule has 3 aromatic carbocycles. The average Bonchev–Trinajstić information content (AvgIpc) is 3.15. The van der Waals surface area contributed by atoms with Crippen LogP contribution in [0.25, 0.3) is 16.3 Å². The van der Waals surface area contributed by atoms with Gasteiger partial charge in [-0.3, -0.25) is 0 Å². The first-order valence-corrected chi connectivity index (χ1v) is 12.2. The quantitative estimate of drug-likeness (QED) is 0.178. The number of nitrogens with zero attached hydrogens (tertiary/aromatic N) is 2. The lowest BCUT2D eigenvalue weighted by atomic mass is 10.2. The molecule has 30 heavy (non-hydrogen) atoms. The highest BCUT2D eigenvalue weighted by Gasteiger charge is 2.13. The van der Waals surface area contributed by atoms with Crippen molar-refractivity contribution < 1.29 is 4.74 Å². The van der Waals surface area contributed by atoms with Gasteiger partial charge in [0.25, 0.3) is 0 Å². The van der Waals surface area contributed by atoms with Gasteiger partial charge in [-0.25, -0.2) is 4.98 Å². The van der Waals surface area contributed by atoms with Gasteiger partial charge in [0.15, 0.2) is 4.34 Å². The Labute approximate surface area is 199 Å². The number of allylic oxidation sites excluding steroid dienone is 1. The van der Waals surface area contributed by atoms with E-state index in [1.807, 2.05) is 72.8 Å². The third-order valence-electron chi connectivity index (χ3n) is 4.13. The summed E-state index contributed by atoms with van der Waals surface area (Å²) in [7, 11) is 0. The Morgan fingerprint density at radius 1 is 1.10 bits per heavy atom. The molecule has 0 atom stereocenters. The van der Waals surface area contributed by atoms with Crippen LogP contribution in [0.15, 0.2) is 84.9 Å². The Morgan fingerprint density at radius 2 is 1.87 bits per heavy atom. The van der Waals surface area contributed by atoms with E-state index < -0.39 is 0 Å². The van der Waals surface area contributed by atoms with Crippen molar-refractivity contribution in [2.75, 3.05) is 0 Å². The smallest absolute Gasteiger partial charge is 0.156 e. The number of ether oxygens (including phenoxy) is 1. The highest BCUT2D eigenvalue weighted by molar-refractivity contribution is 9.11. The van der Waals surface area contributed by atoms with Gasteiger partial charge in [-0.05, 0) is 63.6 Å². The maximum atomic E-state index is 9.73. The normalized spacial score (nSPS) is 11.4. The predicted octanol–water partition coefficient (Wildman–Crippen LogP) is 8.06. The summed E-state index contributed by atoms with van der Waals surface area (Å²) in [6.45, 7) is 0.439. The molecule has 7 heteroatoms. The van der Waals surface area contributed by atoms with E-state index in [4.69, 9.17) is 4.74 Å². The van der Waals surface area contributed by atoms with Crippen LogP contribution in [-0.4, -0.2) is 4.98 Å². The van der Waals surface area contributed by atoms with E-state index in [2.05, 4.69) is 42.9 Å². The number of para-hydroxylation sites is 1. The number of thiazole rings is 1. The Balaban J connectivity index is 1.63. The van der Waals surface area contributed by atoms with Gasteiger partial charge in [0, 0.05) is 10.0 Å². The molecule has 4 rings (SSSR count). The molecule has 0 unspecified atom stereocenters. The molecule has 0 N–H and O–H groups in total. The number of benzene rings is 3. The van der Waals surface area contributed by atoms with E-state index in [-0.39, 0.29) is 0 Å². The second-order valence-electron chi connectivity index (χ2n) is 6.25. The van der Waals surface area contributed by atoms with Crippen molar-refractivity contribution in [2.45, 2.75) is 10.9 Å². The molecule has 4 aromatic rings. The van der Waals surface area contributed by atoms with E-state index in [1.165, 1.54) is 11.8 Å². The summed E-state index contributed by atoms with van der Waals surface area (Å²) in [4.78, 5) is 5.16. The minimum absolute atomic E-state index is 0.439. The van der Waals surface area contributed by atoms with Crippen LogP contribution in [0.1, 0.15) is 11.1 Å². The lowest BCUT2D eigenvalue weighted by molar-refractivity contribution is 0.303. The summed E-state index contributed by atoms with van der Waals surface area (Å²) in [5, 5.41) is 9.73. The van der Waals surface area contributed by atoms with Crippen LogP contribution < -0.4 is 4.74 Å². The van der Waals surface area contributed by atoms with Crippen LogP contribution in [0, 0.1) is 11.3 Å². The lowest BCUT2D eigenvalue weighted by Gasteiger charge is -2.12. The van der Waals surface area contributed by atoms with Crippen molar-refractivity contribution in [1.82, 2.24) is 4.98 Å². The van der Waals surface area contributed by atoms with Gasteiger partial charge < -0.3 is 4.74 Å². The summed E-state index contributed by atoms with van der Waals surface area (Å²) in [5.74, 6) is 0.694. The van der Waals surface area contributed by atoms with E-state index in [1.54, 1.807) is 11.3 Å². The highest BCUT2D eigenvalue weighted by atomic mass is 79.9. The van der Waals surface area contributed by atoms with E-state index in [9.17, 15) is 5.26 Å². The summed E-state index contributed by atoms with van der Waals surface area (Å²) >= 11 is 10.1. The fourth-order valence-corrected chi connectivity index (χ4v) is 6.12. The second kappa shape index (κ2) is 9.80. The number of hydrogen-bond donors (Lipinski definition) is 0. The molecule has 0 aliphatic carbocycles. The zero-order valence-corrected chi connectivity index (χ0v) is 20.3. The third-order valence-corrected chi connectivity index (χ3v) is 7.20. The molecular weight excluding hydrogens is 544 g/mol. The van der Waals surface area contributed by atoms with Gasteiger partial charge in [0.2, 0.25) is 0 Å². The number of nitriles is 1. The predicted molar refractivity (Wildman–Crippen MR) is 132 cm³/mol. The van der Waals surface area contributed by atoms with Crippen LogP contribution in [0.3, 0.4) is 0 Å². The second-order valence-corrected chi connectivity index (χ2v) is 10.3. The Morgan fingerprint density at radius 3 is 2.63 bits per heavy atom. The van der Waals surface area contributed by atoms with Crippen molar-refractivity contribution in [2.24, 2.45) is 0 Å². The van der Waals surface area contributed by atoms with Crippen LogP contribution in [0.4, 0.5) is 0 Å². The minimum Gasteiger partial charge on any atom is -0.487 e. The Kier molecular flexibility index (Phi) is 6.90. The van der Waals surface area contributed by atoms with Crippen molar-refractivity contribution in [3.63, 3.8) is 0 Å². The fraction of sp³-hybridized carbons (Fsp3) is 0.0435. The molecule has 148 valence electrons. The van der Waals surface area contributed by atoms with Crippen LogP contribution >= 0.6 is 55.0 Å². The molecule has 0 radical (unpaired) electrons. The first kappa shape index (κ1) is 21.1. The molecule has 0 bridgehead atoms. The molecule has 0 spiro atoms. The van der Waals surface area contributed by atoms with Crippen LogP contribution in [0.2, 0.25) is 0 Å². The third kappa shape index (κ3) is 5.13. The molecular formula is C23H14Br2N2OS2. The number of fused-ring (bicyclic) bond motifs is 1. The van der Waals surface area contributed by atoms with Gasteiger partial charge >= 0.3 is 0 Å². The summed E-state index contributed by atoms with van der Waals surface area (Å²) in [6.07, 6.45) is 1.84. The summed E-state index contributed by atoms with van der Waals surface area (Å²) in [6, 6.07) is 24.1.